The summed E-state index contributed by atoms with van der Waals surface area (Å²) in [7, 11) is 1.85. The minimum atomic E-state index is 0.0798. The van der Waals surface area contributed by atoms with Gasteiger partial charge in [0.1, 0.15) is 0 Å². The summed E-state index contributed by atoms with van der Waals surface area (Å²) in [6.45, 7) is 11.0. The number of rotatable bonds is 6. The van der Waals surface area contributed by atoms with Gasteiger partial charge in [0, 0.05) is 44.1 Å². The monoisotopic (exact) mass is 426 g/mol. The average molecular weight is 427 g/mol. The molecule has 5 heteroatoms. The van der Waals surface area contributed by atoms with Gasteiger partial charge in [-0.2, -0.15) is 0 Å². The summed E-state index contributed by atoms with van der Waals surface area (Å²) in [5.41, 5.74) is 3.06. The van der Waals surface area contributed by atoms with E-state index in [4.69, 9.17) is 0 Å². The van der Waals surface area contributed by atoms with Gasteiger partial charge in [-0.3, -0.25) is 9.79 Å². The first kappa shape index (κ1) is 23.6. The second kappa shape index (κ2) is 10.5. The maximum absolute atomic E-state index is 12.2. The van der Waals surface area contributed by atoms with Crippen molar-refractivity contribution in [3.8, 4) is 0 Å². The van der Waals surface area contributed by atoms with E-state index in [1.54, 1.807) is 0 Å². The van der Waals surface area contributed by atoms with Crippen LogP contribution in [-0.2, 0) is 10.2 Å². The van der Waals surface area contributed by atoms with E-state index in [9.17, 15) is 4.79 Å². The van der Waals surface area contributed by atoms with Crippen molar-refractivity contribution in [3.05, 3.63) is 35.4 Å². The Morgan fingerprint density at radius 2 is 1.71 bits per heavy atom. The van der Waals surface area contributed by atoms with Crippen molar-refractivity contribution in [1.82, 2.24) is 15.5 Å². The lowest BCUT2D eigenvalue weighted by atomic mass is 9.78. The zero-order valence-corrected chi connectivity index (χ0v) is 20.2. The van der Waals surface area contributed by atoms with Crippen LogP contribution in [0.2, 0.25) is 0 Å². The van der Waals surface area contributed by atoms with Crippen LogP contribution in [0.15, 0.2) is 29.3 Å². The Hall–Kier alpha value is -2.04. The second-order valence-corrected chi connectivity index (χ2v) is 10.1. The third-order valence-electron chi connectivity index (χ3n) is 7.21. The predicted molar refractivity (Wildman–Crippen MR) is 130 cm³/mol. The number of amides is 1. The van der Waals surface area contributed by atoms with Gasteiger partial charge in [-0.25, -0.2) is 0 Å². The van der Waals surface area contributed by atoms with Gasteiger partial charge in [-0.15, -0.1) is 0 Å². The highest BCUT2D eigenvalue weighted by molar-refractivity contribution is 5.80. The van der Waals surface area contributed by atoms with Crippen molar-refractivity contribution in [2.75, 3.05) is 26.7 Å². The number of aliphatic imine (C=N–C) groups is 1. The van der Waals surface area contributed by atoms with E-state index in [0.29, 0.717) is 12.0 Å². The lowest BCUT2D eigenvalue weighted by Gasteiger charge is -2.35. The molecule has 172 valence electrons. The highest BCUT2D eigenvalue weighted by Gasteiger charge is 2.36. The fourth-order valence-electron chi connectivity index (χ4n) is 5.09. The molecule has 2 N–H and O–H groups in total. The van der Waals surface area contributed by atoms with Crippen molar-refractivity contribution in [1.29, 1.82) is 0 Å². The second-order valence-electron chi connectivity index (χ2n) is 10.1. The minimum Gasteiger partial charge on any atom is -0.356 e. The molecular weight excluding hydrogens is 384 g/mol. The van der Waals surface area contributed by atoms with Gasteiger partial charge in [0.05, 0.1) is 0 Å². The molecule has 2 fully saturated rings. The fraction of sp³-hybridized carbons (Fsp3) is 0.692. The van der Waals surface area contributed by atoms with Crippen molar-refractivity contribution in [2.45, 2.75) is 83.6 Å². The number of nitrogens with zero attached hydrogens (tertiary/aromatic N) is 2. The molecule has 0 unspecified atom stereocenters. The lowest BCUT2D eigenvalue weighted by molar-refractivity contribution is -0.135. The van der Waals surface area contributed by atoms with Crippen molar-refractivity contribution in [3.63, 3.8) is 0 Å². The largest absolute Gasteiger partial charge is 0.356 e. The Bertz CT molecular complexity index is 739. The highest BCUT2D eigenvalue weighted by atomic mass is 16.2. The number of carbonyl (C=O) groups excluding carboxylic acids is 1. The van der Waals surface area contributed by atoms with Crippen LogP contribution in [0.4, 0.5) is 0 Å². The summed E-state index contributed by atoms with van der Waals surface area (Å²) in [4.78, 5) is 18.7. The van der Waals surface area contributed by atoms with E-state index >= 15 is 0 Å². The Balaban J connectivity index is 1.57. The van der Waals surface area contributed by atoms with E-state index in [1.165, 1.54) is 36.8 Å². The number of nitrogens with one attached hydrogen (secondary N) is 2. The van der Waals surface area contributed by atoms with E-state index in [1.807, 2.05) is 25.8 Å². The average Bonchev–Trinajstić information content (AvgIpc) is 3.26. The first-order valence-electron chi connectivity index (χ1n) is 12.2. The van der Waals surface area contributed by atoms with Crippen LogP contribution < -0.4 is 10.6 Å². The standard InChI is InChI=1S/C26H42N4O/c1-19(2)21-8-10-22(11-9-21)26(14-6-7-15-26)18-28-25(27-5)29-23-12-16-30(17-13-23)24(31)20(3)4/h8-11,19-20,23H,6-7,12-18H2,1-5H3,(H2,27,28,29). The lowest BCUT2D eigenvalue weighted by Crippen LogP contribution is -2.52. The molecular formula is C26H42N4O. The number of hydrogen-bond acceptors (Lipinski definition) is 2. The summed E-state index contributed by atoms with van der Waals surface area (Å²) in [6.07, 6.45) is 6.99. The van der Waals surface area contributed by atoms with E-state index < -0.39 is 0 Å². The molecule has 0 spiro atoms. The molecule has 1 aromatic rings. The molecule has 0 radical (unpaired) electrons. The van der Waals surface area contributed by atoms with Crippen LogP contribution in [0.3, 0.4) is 0 Å². The van der Waals surface area contributed by atoms with Gasteiger partial charge in [-0.1, -0.05) is 64.8 Å². The van der Waals surface area contributed by atoms with Crippen LogP contribution in [0, 0.1) is 5.92 Å². The van der Waals surface area contributed by atoms with Crippen molar-refractivity contribution < 1.29 is 4.79 Å². The molecule has 0 bridgehead atoms. The van der Waals surface area contributed by atoms with Gasteiger partial charge in [0.15, 0.2) is 5.96 Å². The molecule has 1 saturated carbocycles. The highest BCUT2D eigenvalue weighted by Crippen LogP contribution is 2.41. The molecule has 1 heterocycles. The summed E-state index contributed by atoms with van der Waals surface area (Å²) in [6, 6.07) is 9.67. The molecule has 3 rings (SSSR count). The predicted octanol–water partition coefficient (Wildman–Crippen LogP) is 4.43. The summed E-state index contributed by atoms with van der Waals surface area (Å²) < 4.78 is 0. The molecule has 5 nitrogen and oxygen atoms in total. The molecule has 1 saturated heterocycles. The van der Waals surface area contributed by atoms with Crippen LogP contribution in [-0.4, -0.2) is 49.5 Å². The summed E-state index contributed by atoms with van der Waals surface area (Å²) in [5.74, 6) is 1.81. The number of hydrogen-bond donors (Lipinski definition) is 2. The normalized spacial score (nSPS) is 19.8. The molecule has 0 atom stereocenters. The fourth-order valence-corrected chi connectivity index (χ4v) is 5.09. The van der Waals surface area contributed by atoms with Crippen LogP contribution >= 0.6 is 0 Å². The number of piperidine rings is 1. The zero-order valence-electron chi connectivity index (χ0n) is 20.2. The molecule has 0 aromatic heterocycles. The molecule has 1 aromatic carbocycles. The first-order valence-corrected chi connectivity index (χ1v) is 12.2. The molecule has 1 aliphatic carbocycles. The number of likely N-dealkylation sites (tertiary alicyclic amines) is 1. The van der Waals surface area contributed by atoms with E-state index in [-0.39, 0.29) is 17.2 Å². The molecule has 1 amide bonds. The quantitative estimate of drug-likeness (QED) is 0.522. The van der Waals surface area contributed by atoms with Crippen LogP contribution in [0.5, 0.6) is 0 Å². The summed E-state index contributed by atoms with van der Waals surface area (Å²) >= 11 is 0. The van der Waals surface area contributed by atoms with Gasteiger partial charge in [-0.05, 0) is 42.7 Å². The van der Waals surface area contributed by atoms with Gasteiger partial charge < -0.3 is 15.5 Å². The Labute approximate surface area is 189 Å². The maximum Gasteiger partial charge on any atom is 0.225 e. The number of guanidine groups is 1. The van der Waals surface area contributed by atoms with E-state index in [0.717, 1.165) is 38.4 Å². The number of carbonyl (C=O) groups is 1. The van der Waals surface area contributed by atoms with Gasteiger partial charge in [0.25, 0.3) is 0 Å². The SMILES string of the molecule is CN=C(NCC1(c2ccc(C(C)C)cc2)CCCC1)NC1CCN(C(=O)C(C)C)CC1. The Morgan fingerprint density at radius 1 is 1.10 bits per heavy atom. The number of benzene rings is 1. The van der Waals surface area contributed by atoms with Gasteiger partial charge in [0.2, 0.25) is 5.91 Å². The maximum atomic E-state index is 12.2. The minimum absolute atomic E-state index is 0.0798. The van der Waals surface area contributed by atoms with E-state index in [2.05, 4.69) is 53.7 Å². The van der Waals surface area contributed by atoms with Crippen molar-refractivity contribution in [2.24, 2.45) is 10.9 Å². The molecule has 1 aliphatic heterocycles. The molecule has 2 aliphatic rings. The van der Waals surface area contributed by atoms with Gasteiger partial charge >= 0.3 is 0 Å². The zero-order chi connectivity index (χ0) is 22.4. The smallest absolute Gasteiger partial charge is 0.225 e. The molecule has 31 heavy (non-hydrogen) atoms. The van der Waals surface area contributed by atoms with Crippen LogP contribution in [0.25, 0.3) is 0 Å². The summed E-state index contributed by atoms with van der Waals surface area (Å²) in [5, 5.41) is 7.26. The van der Waals surface area contributed by atoms with Crippen LogP contribution in [0.1, 0.15) is 83.3 Å². The third-order valence-corrected chi connectivity index (χ3v) is 7.21. The Morgan fingerprint density at radius 3 is 2.23 bits per heavy atom. The first-order chi connectivity index (χ1) is 14.8. The Kier molecular flexibility index (Phi) is 8.01. The van der Waals surface area contributed by atoms with Crippen molar-refractivity contribution >= 4 is 11.9 Å². The third kappa shape index (κ3) is 5.81. The topological polar surface area (TPSA) is 56.7 Å².